The fourth-order valence-electron chi connectivity index (χ4n) is 3.61. The molecule has 0 saturated carbocycles. The minimum absolute atomic E-state index is 0.214. The Kier molecular flexibility index (Phi) is 7.04. The Hall–Kier alpha value is -3.56. The molecule has 3 heterocycles. The standard InChI is InChI=1S/C25H29N5O3Si/c1-5-22(31)27-12-18-7-6-8-19(11-18)24-23-20(21-13-26-16-33-21)14-30(25(23)29-15-28-24)17-32-9-10-34(2,3)4/h5-8,11,13-16H,1,9-10,12,17H2,2-4H3,(H,27,31). The van der Waals surface area contributed by atoms with Crippen LogP contribution in [0.1, 0.15) is 5.56 Å². The molecule has 1 aromatic carbocycles. The predicted molar refractivity (Wildman–Crippen MR) is 135 cm³/mol. The normalized spacial score (nSPS) is 11.6. The summed E-state index contributed by atoms with van der Waals surface area (Å²) in [6.45, 7) is 12.0. The lowest BCUT2D eigenvalue weighted by Crippen LogP contribution is -2.22. The maximum absolute atomic E-state index is 11.6. The van der Waals surface area contributed by atoms with Gasteiger partial charge in [0, 0.05) is 38.5 Å². The van der Waals surface area contributed by atoms with Gasteiger partial charge in [-0.25, -0.2) is 15.0 Å². The van der Waals surface area contributed by atoms with E-state index in [4.69, 9.17) is 9.15 Å². The van der Waals surface area contributed by atoms with E-state index >= 15 is 0 Å². The number of benzene rings is 1. The van der Waals surface area contributed by atoms with Gasteiger partial charge in [0.1, 0.15) is 18.7 Å². The molecule has 0 radical (unpaired) electrons. The number of ether oxygens (including phenoxy) is 1. The molecule has 8 nitrogen and oxygen atoms in total. The number of hydrogen-bond donors (Lipinski definition) is 1. The summed E-state index contributed by atoms with van der Waals surface area (Å²) in [4.78, 5) is 24.9. The molecule has 0 unspecified atom stereocenters. The fraction of sp³-hybridized carbons (Fsp3) is 0.280. The molecule has 1 amide bonds. The molecule has 4 rings (SSSR count). The average molecular weight is 476 g/mol. The third-order valence-corrected chi connectivity index (χ3v) is 7.13. The first-order valence-electron chi connectivity index (χ1n) is 11.2. The molecule has 0 bridgehead atoms. The van der Waals surface area contributed by atoms with E-state index in [0.717, 1.165) is 39.5 Å². The first-order chi connectivity index (χ1) is 16.4. The van der Waals surface area contributed by atoms with Crippen LogP contribution < -0.4 is 5.32 Å². The van der Waals surface area contributed by atoms with Gasteiger partial charge in [-0.1, -0.05) is 44.4 Å². The van der Waals surface area contributed by atoms with E-state index in [0.29, 0.717) is 25.6 Å². The number of fused-ring (bicyclic) bond motifs is 1. The molecule has 0 spiro atoms. The van der Waals surface area contributed by atoms with Gasteiger partial charge in [-0.2, -0.15) is 0 Å². The Morgan fingerprint density at radius 2 is 2.15 bits per heavy atom. The van der Waals surface area contributed by atoms with Crippen LogP contribution in [0.4, 0.5) is 0 Å². The minimum Gasteiger partial charge on any atom is -0.443 e. The third kappa shape index (κ3) is 5.49. The van der Waals surface area contributed by atoms with Gasteiger partial charge in [0.05, 0.1) is 17.3 Å². The van der Waals surface area contributed by atoms with Gasteiger partial charge < -0.3 is 19.0 Å². The van der Waals surface area contributed by atoms with Crippen LogP contribution in [0, 0.1) is 0 Å². The smallest absolute Gasteiger partial charge is 0.243 e. The van der Waals surface area contributed by atoms with E-state index in [9.17, 15) is 4.79 Å². The molecule has 0 atom stereocenters. The number of aromatic nitrogens is 4. The van der Waals surface area contributed by atoms with Crippen LogP contribution >= 0.6 is 0 Å². The number of hydrogen-bond acceptors (Lipinski definition) is 6. The van der Waals surface area contributed by atoms with E-state index in [1.165, 1.54) is 12.5 Å². The monoisotopic (exact) mass is 475 g/mol. The highest BCUT2D eigenvalue weighted by atomic mass is 28.3. The van der Waals surface area contributed by atoms with Gasteiger partial charge in [-0.05, 0) is 23.7 Å². The molecular formula is C25H29N5O3Si. The number of carbonyl (C=O) groups is 1. The van der Waals surface area contributed by atoms with Gasteiger partial charge in [0.15, 0.2) is 12.2 Å². The SMILES string of the molecule is C=CC(=O)NCc1cccc(-c2ncnc3c2c(-c2cnco2)cn3COCC[Si](C)(C)C)c1. The molecule has 3 aromatic heterocycles. The van der Waals surface area contributed by atoms with Gasteiger partial charge in [0.25, 0.3) is 0 Å². The number of nitrogens with one attached hydrogen (secondary N) is 1. The Morgan fingerprint density at radius 1 is 1.29 bits per heavy atom. The van der Waals surface area contributed by atoms with Crippen molar-refractivity contribution in [2.75, 3.05) is 6.61 Å². The maximum Gasteiger partial charge on any atom is 0.243 e. The number of rotatable bonds is 10. The number of nitrogens with zero attached hydrogens (tertiary/aromatic N) is 4. The average Bonchev–Trinajstić information content (AvgIpc) is 3.48. The molecule has 9 heteroatoms. The molecule has 1 N–H and O–H groups in total. The summed E-state index contributed by atoms with van der Waals surface area (Å²) in [5, 5.41) is 3.67. The van der Waals surface area contributed by atoms with Crippen LogP contribution in [0.25, 0.3) is 33.6 Å². The van der Waals surface area contributed by atoms with Crippen molar-refractivity contribution in [1.82, 2.24) is 24.8 Å². The van der Waals surface area contributed by atoms with E-state index in [1.54, 1.807) is 12.5 Å². The van der Waals surface area contributed by atoms with E-state index in [1.807, 2.05) is 35.0 Å². The van der Waals surface area contributed by atoms with Gasteiger partial charge >= 0.3 is 0 Å². The van der Waals surface area contributed by atoms with Crippen molar-refractivity contribution in [1.29, 1.82) is 0 Å². The van der Waals surface area contributed by atoms with Crippen molar-refractivity contribution in [3.05, 3.63) is 67.6 Å². The first kappa shape index (κ1) is 23.6. The quantitative estimate of drug-likeness (QED) is 0.200. The zero-order chi connectivity index (χ0) is 24.1. The maximum atomic E-state index is 11.6. The number of carbonyl (C=O) groups excluding carboxylic acids is 1. The van der Waals surface area contributed by atoms with Crippen LogP contribution in [-0.2, 0) is 22.8 Å². The van der Waals surface area contributed by atoms with Crippen LogP contribution in [-0.4, -0.2) is 40.1 Å². The van der Waals surface area contributed by atoms with Crippen LogP contribution in [0.3, 0.4) is 0 Å². The molecule has 0 saturated heterocycles. The van der Waals surface area contributed by atoms with E-state index < -0.39 is 8.07 Å². The molecule has 0 aliphatic carbocycles. The van der Waals surface area contributed by atoms with Gasteiger partial charge in [0.2, 0.25) is 5.91 Å². The van der Waals surface area contributed by atoms with E-state index in [-0.39, 0.29) is 5.91 Å². The Balaban J connectivity index is 1.72. The Labute approximate surface area is 199 Å². The molecule has 0 aliphatic rings. The second kappa shape index (κ2) is 10.1. The lowest BCUT2D eigenvalue weighted by molar-refractivity contribution is -0.116. The second-order valence-electron chi connectivity index (χ2n) is 9.27. The fourth-order valence-corrected chi connectivity index (χ4v) is 4.36. The summed E-state index contributed by atoms with van der Waals surface area (Å²) in [5.41, 5.74) is 4.25. The third-order valence-electron chi connectivity index (χ3n) is 5.43. The lowest BCUT2D eigenvalue weighted by Gasteiger charge is -2.15. The largest absolute Gasteiger partial charge is 0.443 e. The number of oxazole rings is 1. The lowest BCUT2D eigenvalue weighted by atomic mass is 10.0. The summed E-state index contributed by atoms with van der Waals surface area (Å²) < 4.78 is 13.6. The summed E-state index contributed by atoms with van der Waals surface area (Å²) in [7, 11) is -1.18. The van der Waals surface area contributed by atoms with Crippen molar-refractivity contribution in [2.45, 2.75) is 39.0 Å². The van der Waals surface area contributed by atoms with Gasteiger partial charge in [-0.3, -0.25) is 4.79 Å². The zero-order valence-corrected chi connectivity index (χ0v) is 20.7. The first-order valence-corrected chi connectivity index (χ1v) is 14.9. The van der Waals surface area contributed by atoms with Crippen LogP contribution in [0.5, 0.6) is 0 Å². The molecule has 0 fully saturated rings. The molecule has 176 valence electrons. The second-order valence-corrected chi connectivity index (χ2v) is 14.9. The minimum atomic E-state index is -1.18. The molecule has 4 aromatic rings. The molecule has 34 heavy (non-hydrogen) atoms. The highest BCUT2D eigenvalue weighted by Crippen LogP contribution is 2.36. The Morgan fingerprint density at radius 3 is 2.88 bits per heavy atom. The summed E-state index contributed by atoms with van der Waals surface area (Å²) >= 11 is 0. The topological polar surface area (TPSA) is 95.1 Å². The van der Waals surface area contributed by atoms with Crippen molar-refractivity contribution in [2.24, 2.45) is 0 Å². The predicted octanol–water partition coefficient (Wildman–Crippen LogP) is 4.87. The van der Waals surface area contributed by atoms with Crippen LogP contribution in [0.15, 0.2) is 66.5 Å². The van der Waals surface area contributed by atoms with Crippen molar-refractivity contribution < 1.29 is 13.9 Å². The summed E-state index contributed by atoms with van der Waals surface area (Å²) in [5.74, 6) is 0.421. The highest BCUT2D eigenvalue weighted by Gasteiger charge is 2.20. The molecular weight excluding hydrogens is 446 g/mol. The van der Waals surface area contributed by atoms with Gasteiger partial charge in [-0.15, -0.1) is 0 Å². The van der Waals surface area contributed by atoms with E-state index in [2.05, 4.69) is 46.5 Å². The zero-order valence-electron chi connectivity index (χ0n) is 19.7. The summed E-state index contributed by atoms with van der Waals surface area (Å²) in [6, 6.07) is 9.00. The number of amides is 1. The Bertz CT molecular complexity index is 1290. The highest BCUT2D eigenvalue weighted by molar-refractivity contribution is 6.76. The van der Waals surface area contributed by atoms with Crippen molar-refractivity contribution in [3.63, 3.8) is 0 Å². The van der Waals surface area contributed by atoms with Crippen molar-refractivity contribution in [3.8, 4) is 22.6 Å². The van der Waals surface area contributed by atoms with Crippen molar-refractivity contribution >= 4 is 25.0 Å². The van der Waals surface area contributed by atoms with Crippen LogP contribution in [0.2, 0.25) is 25.7 Å². The molecule has 0 aliphatic heterocycles. The summed E-state index contributed by atoms with van der Waals surface area (Å²) in [6.07, 6.45) is 7.90.